The van der Waals surface area contributed by atoms with Gasteiger partial charge in [0.2, 0.25) is 5.91 Å². The van der Waals surface area contributed by atoms with Crippen LogP contribution in [0.3, 0.4) is 0 Å². The number of benzene rings is 1. The van der Waals surface area contributed by atoms with Crippen molar-refractivity contribution in [1.29, 1.82) is 0 Å². The van der Waals surface area contributed by atoms with Gasteiger partial charge in [-0.15, -0.1) is 0 Å². The molecule has 0 radical (unpaired) electrons. The summed E-state index contributed by atoms with van der Waals surface area (Å²) in [5.41, 5.74) is 2.96. The molecule has 4 amide bonds. The van der Waals surface area contributed by atoms with E-state index < -0.39 is 6.04 Å². The van der Waals surface area contributed by atoms with Gasteiger partial charge < -0.3 is 25.8 Å². The van der Waals surface area contributed by atoms with Crippen LogP contribution in [-0.2, 0) is 18.4 Å². The number of aryl methyl sites for hydroxylation is 1. The number of aromatic nitrogens is 3. The molecule has 5 rings (SSSR count). The average molecular weight is 492 g/mol. The van der Waals surface area contributed by atoms with Gasteiger partial charge in [-0.1, -0.05) is 19.3 Å². The summed E-state index contributed by atoms with van der Waals surface area (Å²) in [6, 6.07) is 8.80. The number of fused-ring (bicyclic) bond motifs is 1. The van der Waals surface area contributed by atoms with Crippen molar-refractivity contribution in [3.8, 4) is 0 Å². The average Bonchev–Trinajstić information content (AvgIpc) is 3.55. The molecular formula is C26H33N7O3. The molecule has 1 saturated heterocycles. The van der Waals surface area contributed by atoms with Gasteiger partial charge in [0.15, 0.2) is 0 Å². The molecule has 4 N–H and O–H groups in total. The first-order valence-electron chi connectivity index (χ1n) is 12.6. The molecule has 2 atom stereocenters. The van der Waals surface area contributed by atoms with Crippen LogP contribution in [0, 0.1) is 5.92 Å². The highest BCUT2D eigenvalue weighted by Gasteiger charge is 2.32. The molecule has 2 aromatic heterocycles. The van der Waals surface area contributed by atoms with E-state index in [9.17, 15) is 14.4 Å². The van der Waals surface area contributed by atoms with Gasteiger partial charge in [0.25, 0.3) is 5.91 Å². The summed E-state index contributed by atoms with van der Waals surface area (Å²) in [5, 5.41) is 13.9. The second-order valence-corrected chi connectivity index (χ2v) is 10.0. The highest BCUT2D eigenvalue weighted by molar-refractivity contribution is 6.01. The summed E-state index contributed by atoms with van der Waals surface area (Å²) in [6.07, 6.45) is 6.66. The van der Waals surface area contributed by atoms with Crippen molar-refractivity contribution < 1.29 is 14.4 Å². The zero-order valence-electron chi connectivity index (χ0n) is 20.7. The number of carbonyl (C=O) groups is 3. The molecule has 10 nitrogen and oxygen atoms in total. The van der Waals surface area contributed by atoms with Crippen molar-refractivity contribution in [2.75, 3.05) is 11.9 Å². The largest absolute Gasteiger partial charge is 0.357 e. The number of nitrogens with zero attached hydrogens (tertiary/aromatic N) is 3. The first-order chi connectivity index (χ1) is 17.4. The number of carbonyl (C=O) groups excluding carboxylic acids is 3. The van der Waals surface area contributed by atoms with Gasteiger partial charge in [-0.25, -0.2) is 4.79 Å². The summed E-state index contributed by atoms with van der Waals surface area (Å²) < 4.78 is 1.51. The van der Waals surface area contributed by atoms with Crippen LogP contribution in [0.15, 0.2) is 36.5 Å². The maximum Gasteiger partial charge on any atom is 0.318 e. The number of aromatic amines is 1. The molecule has 190 valence electrons. The fraction of sp³-hybridized carbons (Fsp3) is 0.462. The third-order valence-electron chi connectivity index (χ3n) is 7.20. The second-order valence-electron chi connectivity index (χ2n) is 10.0. The molecule has 3 heterocycles. The van der Waals surface area contributed by atoms with Crippen LogP contribution in [0.1, 0.15) is 55.2 Å². The van der Waals surface area contributed by atoms with Crippen LogP contribution in [0.5, 0.6) is 0 Å². The molecule has 2 aliphatic rings. The zero-order chi connectivity index (χ0) is 25.2. The number of hydrogen-bond acceptors (Lipinski definition) is 4. The first-order valence-corrected chi connectivity index (χ1v) is 12.6. The second kappa shape index (κ2) is 10.0. The molecule has 36 heavy (non-hydrogen) atoms. The molecule has 1 unspecified atom stereocenters. The molecule has 1 aliphatic carbocycles. The predicted octanol–water partition coefficient (Wildman–Crippen LogP) is 3.13. The van der Waals surface area contributed by atoms with Crippen LogP contribution in [0.4, 0.5) is 10.5 Å². The standard InChI is InChI=1S/C26H33N7O3/c1-16-14-33(26(36)28-16)15-20-13-18-12-19(8-9-21(18)29-20)30-25(35)23(17-6-4-3-5-7-17)31-24(34)22-10-11-27-32(22)2/h8-13,16-17,23,29H,3-7,14-15H2,1-2H3,(H,28,36)(H,30,35)(H,31,34)/t16?,23-/m0/s1. The van der Waals surface area contributed by atoms with E-state index in [0.29, 0.717) is 24.5 Å². The maximum absolute atomic E-state index is 13.4. The van der Waals surface area contributed by atoms with Crippen molar-refractivity contribution in [2.45, 2.75) is 57.7 Å². The zero-order valence-corrected chi connectivity index (χ0v) is 20.7. The highest BCUT2D eigenvalue weighted by atomic mass is 16.2. The van der Waals surface area contributed by atoms with Gasteiger partial charge in [0.05, 0.1) is 6.54 Å². The Kier molecular flexibility index (Phi) is 6.67. The number of hydrogen-bond donors (Lipinski definition) is 4. The topological polar surface area (TPSA) is 124 Å². The first kappa shape index (κ1) is 23.9. The van der Waals surface area contributed by atoms with E-state index in [1.54, 1.807) is 24.2 Å². The summed E-state index contributed by atoms with van der Waals surface area (Å²) in [7, 11) is 1.71. The molecule has 10 heteroatoms. The van der Waals surface area contributed by atoms with E-state index in [2.05, 4.69) is 26.0 Å². The minimum Gasteiger partial charge on any atom is -0.357 e. The van der Waals surface area contributed by atoms with Gasteiger partial charge in [0, 0.05) is 48.1 Å². The minimum absolute atomic E-state index is 0.0592. The van der Waals surface area contributed by atoms with Crippen molar-refractivity contribution in [2.24, 2.45) is 13.0 Å². The highest BCUT2D eigenvalue weighted by Crippen LogP contribution is 2.28. The molecule has 0 spiro atoms. The van der Waals surface area contributed by atoms with Crippen LogP contribution in [0.25, 0.3) is 10.9 Å². The van der Waals surface area contributed by atoms with Crippen molar-refractivity contribution in [1.82, 2.24) is 30.3 Å². The summed E-state index contributed by atoms with van der Waals surface area (Å²) in [5.74, 6) is -0.422. The number of anilines is 1. The van der Waals surface area contributed by atoms with Crippen molar-refractivity contribution in [3.05, 3.63) is 47.9 Å². The monoisotopic (exact) mass is 491 g/mol. The lowest BCUT2D eigenvalue weighted by molar-refractivity contribution is -0.119. The third-order valence-corrected chi connectivity index (χ3v) is 7.20. The SMILES string of the molecule is CC1CN(Cc2cc3cc(NC(=O)[C@@H](NC(=O)c4ccnn4C)C4CCCCC4)ccc3[nH]2)C(=O)N1. The predicted molar refractivity (Wildman–Crippen MR) is 136 cm³/mol. The lowest BCUT2D eigenvalue weighted by Crippen LogP contribution is -2.49. The summed E-state index contributed by atoms with van der Waals surface area (Å²) >= 11 is 0. The fourth-order valence-electron chi connectivity index (χ4n) is 5.36. The molecule has 1 saturated carbocycles. The number of nitrogens with one attached hydrogen (secondary N) is 4. The molecular weight excluding hydrogens is 458 g/mol. The Balaban J connectivity index is 1.31. The van der Waals surface area contributed by atoms with Crippen LogP contribution in [-0.4, -0.2) is 56.1 Å². The Hall–Kier alpha value is -3.82. The Labute approximate surface area is 209 Å². The van der Waals surface area contributed by atoms with Gasteiger partial charge in [-0.3, -0.25) is 14.3 Å². The van der Waals surface area contributed by atoms with Gasteiger partial charge in [0.1, 0.15) is 11.7 Å². The lowest BCUT2D eigenvalue weighted by atomic mass is 9.83. The fourth-order valence-corrected chi connectivity index (χ4v) is 5.36. The van der Waals surface area contributed by atoms with Crippen LogP contribution >= 0.6 is 0 Å². The van der Waals surface area contributed by atoms with Gasteiger partial charge >= 0.3 is 6.03 Å². The van der Waals surface area contributed by atoms with E-state index in [4.69, 9.17) is 0 Å². The number of rotatable bonds is 7. The summed E-state index contributed by atoms with van der Waals surface area (Å²) in [6.45, 7) is 3.15. The smallest absolute Gasteiger partial charge is 0.318 e. The van der Waals surface area contributed by atoms with E-state index in [1.165, 1.54) is 4.68 Å². The lowest BCUT2D eigenvalue weighted by Gasteiger charge is -2.30. The Bertz CT molecular complexity index is 1270. The van der Waals surface area contributed by atoms with E-state index in [1.807, 2.05) is 31.2 Å². The maximum atomic E-state index is 13.4. The molecule has 1 aromatic carbocycles. The Morgan fingerprint density at radius 2 is 1.97 bits per heavy atom. The van der Waals surface area contributed by atoms with Crippen LogP contribution < -0.4 is 16.0 Å². The van der Waals surface area contributed by atoms with Gasteiger partial charge in [-0.05, 0) is 56.0 Å². The van der Waals surface area contributed by atoms with Crippen molar-refractivity contribution >= 4 is 34.4 Å². The number of urea groups is 1. The number of amides is 4. The summed E-state index contributed by atoms with van der Waals surface area (Å²) in [4.78, 5) is 43.5. The van der Waals surface area contributed by atoms with E-state index in [0.717, 1.165) is 48.7 Å². The normalized spacial score (nSPS) is 19.3. The molecule has 2 fully saturated rings. The Morgan fingerprint density at radius 3 is 2.67 bits per heavy atom. The van der Waals surface area contributed by atoms with Gasteiger partial charge in [-0.2, -0.15) is 5.10 Å². The van der Waals surface area contributed by atoms with Crippen LogP contribution in [0.2, 0.25) is 0 Å². The third kappa shape index (κ3) is 5.07. The molecule has 0 bridgehead atoms. The van der Waals surface area contributed by atoms with Crippen molar-refractivity contribution in [3.63, 3.8) is 0 Å². The van der Waals surface area contributed by atoms with E-state index in [-0.39, 0.29) is 29.8 Å². The number of H-pyrrole nitrogens is 1. The van der Waals surface area contributed by atoms with E-state index >= 15 is 0 Å². The molecule has 1 aliphatic heterocycles. The molecule has 3 aromatic rings. The quantitative estimate of drug-likeness (QED) is 0.405. The Morgan fingerprint density at radius 1 is 1.17 bits per heavy atom. The minimum atomic E-state index is -0.624.